The normalized spacial score (nSPS) is 10.3. The first-order chi connectivity index (χ1) is 10.2. The van der Waals surface area contributed by atoms with Crippen LogP contribution in [0.2, 0.25) is 0 Å². The van der Waals surface area contributed by atoms with Crippen molar-refractivity contribution >= 4 is 11.6 Å². The maximum absolute atomic E-state index is 12.1. The van der Waals surface area contributed by atoms with Crippen LogP contribution < -0.4 is 9.47 Å². The van der Waals surface area contributed by atoms with Gasteiger partial charge in [-0.15, -0.1) is 0 Å². The summed E-state index contributed by atoms with van der Waals surface area (Å²) in [5, 5.41) is 9.25. The van der Waals surface area contributed by atoms with Crippen LogP contribution in [0.15, 0.2) is 54.9 Å². The molecule has 1 N–H and O–H groups in total. The van der Waals surface area contributed by atoms with Crippen molar-refractivity contribution in [1.29, 1.82) is 0 Å². The van der Waals surface area contributed by atoms with Gasteiger partial charge in [0.05, 0.1) is 0 Å². The van der Waals surface area contributed by atoms with E-state index in [1.165, 1.54) is 0 Å². The summed E-state index contributed by atoms with van der Waals surface area (Å²) < 4.78 is 2.12. The molecule has 110 valence electrons. The van der Waals surface area contributed by atoms with E-state index in [1.807, 2.05) is 30.6 Å². The number of aromatic nitrogens is 1. The number of nitrogens with zero attached hydrogens (tertiary/aromatic N) is 2. The molecular weight excluding hydrogens is 264 g/mol. The highest BCUT2D eigenvalue weighted by Crippen LogP contribution is 2.18. The van der Waals surface area contributed by atoms with Gasteiger partial charge in [-0.2, -0.15) is 0 Å². The van der Waals surface area contributed by atoms with Gasteiger partial charge in [0.25, 0.3) is 0 Å². The number of pyridine rings is 1. The second kappa shape index (κ2) is 7.43. The Balaban J connectivity index is 1.75. The number of rotatable bonds is 6. The Labute approximate surface area is 125 Å². The second-order valence-electron chi connectivity index (χ2n) is 5.04. The van der Waals surface area contributed by atoms with Gasteiger partial charge in [0.1, 0.15) is 12.3 Å². The van der Waals surface area contributed by atoms with Gasteiger partial charge in [-0.3, -0.25) is 4.79 Å². The zero-order chi connectivity index (χ0) is 15.1. The number of carbonyl (C=O) groups is 1. The first-order valence-electron chi connectivity index (χ1n) is 7.16. The molecule has 1 amide bonds. The molecule has 4 heteroatoms. The van der Waals surface area contributed by atoms with Crippen molar-refractivity contribution in [2.45, 2.75) is 25.8 Å². The highest BCUT2D eigenvalue weighted by Gasteiger charge is 2.10. The monoisotopic (exact) mass is 285 g/mol. The lowest BCUT2D eigenvalue weighted by atomic mass is 10.2. The minimum absolute atomic E-state index is 0.0961. The predicted octanol–water partition coefficient (Wildman–Crippen LogP) is 2.51. The highest BCUT2D eigenvalue weighted by molar-refractivity contribution is 5.92. The third-order valence-corrected chi connectivity index (χ3v) is 3.45. The molecule has 0 aliphatic heterocycles. The number of carbonyl (C=O) groups excluding carboxylic acids is 1. The third kappa shape index (κ3) is 4.60. The Hall–Kier alpha value is -2.36. The Morgan fingerprint density at radius 3 is 2.43 bits per heavy atom. The Morgan fingerprint density at radius 1 is 1.10 bits per heavy atom. The van der Waals surface area contributed by atoms with Gasteiger partial charge in [0, 0.05) is 37.7 Å². The first-order valence-corrected chi connectivity index (χ1v) is 7.16. The third-order valence-electron chi connectivity index (χ3n) is 3.45. The molecule has 0 fully saturated rings. The number of anilines is 1. The van der Waals surface area contributed by atoms with Crippen LogP contribution >= 0.6 is 0 Å². The lowest BCUT2D eigenvalue weighted by molar-refractivity contribution is -0.697. The van der Waals surface area contributed by atoms with Gasteiger partial charge in [-0.25, -0.2) is 4.57 Å². The van der Waals surface area contributed by atoms with Crippen LogP contribution in [0.1, 0.15) is 19.3 Å². The highest BCUT2D eigenvalue weighted by atomic mass is 16.3. The number of phenols is 1. The minimum Gasteiger partial charge on any atom is -0.508 e. The summed E-state index contributed by atoms with van der Waals surface area (Å²) in [6.45, 7) is 0.928. The van der Waals surface area contributed by atoms with Crippen molar-refractivity contribution in [2.75, 3.05) is 11.9 Å². The van der Waals surface area contributed by atoms with E-state index >= 15 is 0 Å². The Bertz CT molecular complexity index is 567. The fourth-order valence-electron chi connectivity index (χ4n) is 2.14. The summed E-state index contributed by atoms with van der Waals surface area (Å²) in [6, 6.07) is 12.7. The largest absolute Gasteiger partial charge is 0.508 e. The van der Waals surface area contributed by atoms with Crippen LogP contribution in [0.5, 0.6) is 5.75 Å². The molecule has 0 unspecified atom stereocenters. The summed E-state index contributed by atoms with van der Waals surface area (Å²) in [6.07, 6.45) is 6.44. The maximum atomic E-state index is 12.1. The van der Waals surface area contributed by atoms with Gasteiger partial charge in [-0.05, 0) is 30.7 Å². The zero-order valence-corrected chi connectivity index (χ0v) is 12.3. The molecule has 21 heavy (non-hydrogen) atoms. The molecular formula is C17H21N2O2+. The SMILES string of the molecule is CN(C(=O)CCCC[n+]1ccccc1)c1ccc(O)cc1. The Kier molecular flexibility index (Phi) is 5.32. The number of benzene rings is 1. The summed E-state index contributed by atoms with van der Waals surface area (Å²) >= 11 is 0. The van der Waals surface area contributed by atoms with E-state index in [1.54, 1.807) is 36.2 Å². The van der Waals surface area contributed by atoms with Crippen LogP contribution in [-0.4, -0.2) is 18.1 Å². The predicted molar refractivity (Wildman–Crippen MR) is 82.0 cm³/mol. The van der Waals surface area contributed by atoms with Crippen LogP contribution in [0.25, 0.3) is 0 Å². The molecule has 0 spiro atoms. The van der Waals surface area contributed by atoms with Gasteiger partial charge in [0.2, 0.25) is 5.91 Å². The zero-order valence-electron chi connectivity index (χ0n) is 12.3. The van der Waals surface area contributed by atoms with Crippen molar-refractivity contribution in [3.05, 3.63) is 54.9 Å². The van der Waals surface area contributed by atoms with Crippen LogP contribution in [0, 0.1) is 0 Å². The number of hydrogen-bond donors (Lipinski definition) is 1. The van der Waals surface area contributed by atoms with Gasteiger partial charge < -0.3 is 10.0 Å². The maximum Gasteiger partial charge on any atom is 0.226 e. The smallest absolute Gasteiger partial charge is 0.226 e. The molecule has 0 aliphatic carbocycles. The van der Waals surface area contributed by atoms with Crippen molar-refractivity contribution in [1.82, 2.24) is 0 Å². The molecule has 0 saturated carbocycles. The summed E-state index contributed by atoms with van der Waals surface area (Å²) in [4.78, 5) is 13.7. The van der Waals surface area contributed by atoms with E-state index in [0.29, 0.717) is 6.42 Å². The van der Waals surface area contributed by atoms with E-state index in [2.05, 4.69) is 4.57 Å². The molecule has 2 aromatic rings. The molecule has 1 aromatic carbocycles. The van der Waals surface area contributed by atoms with Crippen molar-refractivity contribution in [2.24, 2.45) is 0 Å². The molecule has 0 saturated heterocycles. The first kappa shape index (κ1) is 15.0. The van der Waals surface area contributed by atoms with Crippen molar-refractivity contribution < 1.29 is 14.5 Å². The molecule has 0 aliphatic rings. The molecule has 4 nitrogen and oxygen atoms in total. The molecule has 0 radical (unpaired) electrons. The number of phenolic OH excluding ortho intramolecular Hbond substituents is 1. The van der Waals surface area contributed by atoms with Crippen molar-refractivity contribution in [3.63, 3.8) is 0 Å². The van der Waals surface area contributed by atoms with Crippen LogP contribution in [-0.2, 0) is 11.3 Å². The number of unbranched alkanes of at least 4 members (excludes halogenated alkanes) is 1. The second-order valence-corrected chi connectivity index (χ2v) is 5.04. The minimum atomic E-state index is 0.0961. The van der Waals surface area contributed by atoms with E-state index < -0.39 is 0 Å². The van der Waals surface area contributed by atoms with Crippen LogP contribution in [0.4, 0.5) is 5.69 Å². The lowest BCUT2D eigenvalue weighted by Gasteiger charge is -2.17. The van der Waals surface area contributed by atoms with Gasteiger partial charge in [0.15, 0.2) is 12.4 Å². The number of amides is 1. The number of aryl methyl sites for hydroxylation is 1. The van der Waals surface area contributed by atoms with E-state index in [9.17, 15) is 9.90 Å². The lowest BCUT2D eigenvalue weighted by Crippen LogP contribution is -2.32. The summed E-state index contributed by atoms with van der Waals surface area (Å²) in [7, 11) is 1.76. The fraction of sp³-hybridized carbons (Fsp3) is 0.294. The fourth-order valence-corrected chi connectivity index (χ4v) is 2.14. The number of aromatic hydroxyl groups is 1. The average Bonchev–Trinajstić information content (AvgIpc) is 2.52. The molecule has 0 atom stereocenters. The quantitative estimate of drug-likeness (QED) is 0.654. The van der Waals surface area contributed by atoms with Gasteiger partial charge in [-0.1, -0.05) is 6.07 Å². The van der Waals surface area contributed by atoms with Crippen molar-refractivity contribution in [3.8, 4) is 5.75 Å². The average molecular weight is 285 g/mol. The molecule has 0 bridgehead atoms. The Morgan fingerprint density at radius 2 is 1.76 bits per heavy atom. The van der Waals surface area contributed by atoms with E-state index in [0.717, 1.165) is 25.1 Å². The van der Waals surface area contributed by atoms with E-state index in [4.69, 9.17) is 0 Å². The molecule has 1 aromatic heterocycles. The summed E-state index contributed by atoms with van der Waals surface area (Å²) in [5.41, 5.74) is 0.801. The number of hydrogen-bond acceptors (Lipinski definition) is 2. The summed E-state index contributed by atoms with van der Waals surface area (Å²) in [5.74, 6) is 0.304. The topological polar surface area (TPSA) is 44.4 Å². The molecule has 2 rings (SSSR count). The van der Waals surface area contributed by atoms with E-state index in [-0.39, 0.29) is 11.7 Å². The van der Waals surface area contributed by atoms with Gasteiger partial charge >= 0.3 is 0 Å². The molecule has 1 heterocycles. The van der Waals surface area contributed by atoms with Crippen LogP contribution in [0.3, 0.4) is 0 Å². The standard InChI is InChI=1S/C17H20N2O2/c1-18(15-8-10-16(20)11-9-15)17(21)7-3-6-14-19-12-4-2-5-13-19/h2,4-5,8-13H,3,6-7,14H2,1H3/p+1.